The number of nitrogens with zero attached hydrogens (tertiary/aromatic N) is 1. The van der Waals surface area contributed by atoms with Crippen molar-refractivity contribution in [3.05, 3.63) is 4.91 Å². The van der Waals surface area contributed by atoms with Gasteiger partial charge in [-0.1, -0.05) is 6.92 Å². The maximum atomic E-state index is 9.59. The first-order chi connectivity index (χ1) is 3.68. The second-order valence-electron chi connectivity index (χ2n) is 0.902. The van der Waals surface area contributed by atoms with Crippen LogP contribution in [0, 0.1) is 4.91 Å². The van der Waals surface area contributed by atoms with E-state index in [-0.39, 0.29) is 5.91 Å². The Labute approximate surface area is 46.4 Å². The molecule has 0 spiro atoms. The molecule has 0 atom stereocenters. The maximum absolute atomic E-state index is 9.59. The van der Waals surface area contributed by atoms with Crippen molar-refractivity contribution in [2.45, 2.75) is 13.3 Å². The number of hydrogen-bond donors (Lipinski definition) is 2. The Hall–Kier alpha value is -1.13. The lowest BCUT2D eigenvalue weighted by molar-refractivity contribution is -0.117. The number of primary amides is 1. The molecule has 8 heavy (non-hydrogen) atoms. The average molecular weight is 120 g/mol. The summed E-state index contributed by atoms with van der Waals surface area (Å²) in [6.07, 6.45) is 0.444. The molecule has 0 radical (unpaired) electrons. The van der Waals surface area contributed by atoms with Gasteiger partial charge in [0.1, 0.15) is 0 Å². The molecular formula is C3H8N2O3. The molecule has 0 saturated carbocycles. The second kappa shape index (κ2) is 9.30. The minimum absolute atomic E-state index is 0.245. The number of carbonyl (C=O) groups excluding carboxylic acids is 1. The highest BCUT2D eigenvalue weighted by Crippen LogP contribution is 1.63. The fourth-order valence-corrected chi connectivity index (χ4v) is 0. The third kappa shape index (κ3) is 96.4. The van der Waals surface area contributed by atoms with Crippen LogP contribution in [0.25, 0.3) is 0 Å². The summed E-state index contributed by atoms with van der Waals surface area (Å²) in [5, 5.41) is 7.89. The van der Waals surface area contributed by atoms with E-state index >= 15 is 0 Å². The molecule has 0 bridgehead atoms. The lowest BCUT2D eigenvalue weighted by Crippen LogP contribution is -2.06. The van der Waals surface area contributed by atoms with E-state index in [1.807, 2.05) is 0 Å². The smallest absolute Gasteiger partial charge is 0.217 e. The molecular weight excluding hydrogens is 112 g/mol. The van der Waals surface area contributed by atoms with E-state index in [2.05, 4.69) is 5.73 Å². The first-order valence-electron chi connectivity index (χ1n) is 1.94. The molecule has 0 aliphatic heterocycles. The van der Waals surface area contributed by atoms with Gasteiger partial charge in [0.2, 0.25) is 5.91 Å². The number of rotatable bonds is 1. The number of hydrogen-bond acceptors (Lipinski definition) is 3. The Morgan fingerprint density at radius 1 is 1.88 bits per heavy atom. The molecule has 0 saturated heterocycles. The number of amides is 1. The molecule has 0 aromatic carbocycles. The van der Waals surface area contributed by atoms with Crippen LogP contribution in [0.4, 0.5) is 0 Å². The van der Waals surface area contributed by atoms with Crippen LogP contribution >= 0.6 is 0 Å². The highest BCUT2D eigenvalue weighted by Gasteiger charge is 1.77. The van der Waals surface area contributed by atoms with Crippen molar-refractivity contribution in [1.29, 1.82) is 0 Å². The third-order valence-corrected chi connectivity index (χ3v) is 0.348. The minimum Gasteiger partial charge on any atom is -0.379 e. The van der Waals surface area contributed by atoms with E-state index in [0.717, 1.165) is 0 Å². The van der Waals surface area contributed by atoms with Crippen molar-refractivity contribution in [3.8, 4) is 0 Å². The topological polar surface area (TPSA) is 92.8 Å². The van der Waals surface area contributed by atoms with Crippen LogP contribution in [0.1, 0.15) is 13.3 Å². The number of nitrogens with two attached hydrogens (primary N) is 1. The van der Waals surface area contributed by atoms with E-state index in [1.165, 1.54) is 5.34 Å². The first-order valence-corrected chi connectivity index (χ1v) is 1.94. The van der Waals surface area contributed by atoms with Crippen LogP contribution < -0.4 is 5.73 Å². The predicted octanol–water partition coefficient (Wildman–Crippen LogP) is 0.0237. The van der Waals surface area contributed by atoms with Gasteiger partial charge < -0.3 is 10.9 Å². The van der Waals surface area contributed by atoms with E-state index in [0.29, 0.717) is 6.42 Å². The van der Waals surface area contributed by atoms with Gasteiger partial charge in [-0.2, -0.15) is 0 Å². The van der Waals surface area contributed by atoms with Gasteiger partial charge >= 0.3 is 0 Å². The summed E-state index contributed by atoms with van der Waals surface area (Å²) in [5.74, 6) is -0.245. The zero-order chi connectivity index (χ0) is 6.99. The fraction of sp³-hybridized carbons (Fsp3) is 0.667. The van der Waals surface area contributed by atoms with E-state index < -0.39 is 0 Å². The summed E-state index contributed by atoms with van der Waals surface area (Å²) in [6.45, 7) is 1.72. The summed E-state index contributed by atoms with van der Waals surface area (Å²) in [6, 6.07) is 0. The van der Waals surface area contributed by atoms with Gasteiger partial charge in [-0.15, -0.1) is 4.91 Å². The van der Waals surface area contributed by atoms with Crippen LogP contribution in [-0.4, -0.2) is 11.1 Å². The van der Waals surface area contributed by atoms with Crippen LogP contribution in [0.3, 0.4) is 0 Å². The summed E-state index contributed by atoms with van der Waals surface area (Å²) in [7, 11) is 0. The van der Waals surface area contributed by atoms with E-state index in [9.17, 15) is 4.79 Å². The Morgan fingerprint density at radius 3 is 2.00 bits per heavy atom. The lowest BCUT2D eigenvalue weighted by Gasteiger charge is -1.73. The van der Waals surface area contributed by atoms with Gasteiger partial charge in [-0.25, -0.2) is 0 Å². The second-order valence-corrected chi connectivity index (χ2v) is 0.902. The molecule has 5 nitrogen and oxygen atoms in total. The molecule has 0 rings (SSSR count). The average Bonchev–Trinajstić information content (AvgIpc) is 1.69. The normalized spacial score (nSPS) is 6.12. The predicted molar refractivity (Wildman–Crippen MR) is 27.1 cm³/mol. The van der Waals surface area contributed by atoms with Crippen LogP contribution in [0.15, 0.2) is 5.34 Å². The van der Waals surface area contributed by atoms with Crippen molar-refractivity contribution in [2.75, 3.05) is 0 Å². The standard InChI is InChI=1S/C3H7NO.HNO2/c1-2-3(4)5;2-1-3/h2H2,1H3,(H2,4,5);(H,2,3). The zero-order valence-corrected chi connectivity index (χ0v) is 4.50. The quantitative estimate of drug-likeness (QED) is 0.377. The van der Waals surface area contributed by atoms with Crippen LogP contribution in [0.2, 0.25) is 0 Å². The fourth-order valence-electron chi connectivity index (χ4n) is 0. The molecule has 0 aliphatic rings. The van der Waals surface area contributed by atoms with Gasteiger partial charge in [0.25, 0.3) is 0 Å². The largest absolute Gasteiger partial charge is 0.379 e. The van der Waals surface area contributed by atoms with Gasteiger partial charge in [0, 0.05) is 6.42 Å². The monoisotopic (exact) mass is 120 g/mol. The molecule has 0 unspecified atom stereocenters. The molecule has 0 fully saturated rings. The summed E-state index contributed by atoms with van der Waals surface area (Å²) in [4.78, 5) is 17.7. The zero-order valence-electron chi connectivity index (χ0n) is 4.50. The Bertz CT molecular complexity index is 72.9. The van der Waals surface area contributed by atoms with Gasteiger partial charge in [-0.3, -0.25) is 4.79 Å². The van der Waals surface area contributed by atoms with Crippen molar-refractivity contribution >= 4 is 5.91 Å². The summed E-state index contributed by atoms with van der Waals surface area (Å²) in [5.41, 5.74) is 4.65. The highest BCUT2D eigenvalue weighted by atomic mass is 16.6. The molecule has 0 aromatic heterocycles. The molecule has 0 heterocycles. The molecule has 5 heteroatoms. The first kappa shape index (κ1) is 9.98. The van der Waals surface area contributed by atoms with Crippen LogP contribution in [-0.2, 0) is 4.79 Å². The van der Waals surface area contributed by atoms with Crippen molar-refractivity contribution in [3.63, 3.8) is 0 Å². The van der Waals surface area contributed by atoms with Gasteiger partial charge in [0.05, 0.1) is 0 Å². The van der Waals surface area contributed by atoms with Crippen molar-refractivity contribution in [1.82, 2.24) is 0 Å². The SMILES string of the molecule is CCC(N)=O.O=NO. The van der Waals surface area contributed by atoms with Crippen molar-refractivity contribution < 1.29 is 10.0 Å². The molecule has 3 N–H and O–H groups in total. The Morgan fingerprint density at radius 2 is 2.00 bits per heavy atom. The Balaban J connectivity index is 0. The molecule has 0 aliphatic carbocycles. The molecule has 1 amide bonds. The van der Waals surface area contributed by atoms with Gasteiger partial charge in [0.15, 0.2) is 5.34 Å². The third-order valence-electron chi connectivity index (χ3n) is 0.348. The summed E-state index contributed by atoms with van der Waals surface area (Å²) < 4.78 is 0. The van der Waals surface area contributed by atoms with E-state index in [1.54, 1.807) is 6.92 Å². The Kier molecular flexibility index (Phi) is 11.6. The molecule has 48 valence electrons. The highest BCUT2D eigenvalue weighted by molar-refractivity contribution is 5.73. The molecule has 0 aromatic rings. The van der Waals surface area contributed by atoms with E-state index in [4.69, 9.17) is 10.1 Å². The lowest BCUT2D eigenvalue weighted by atomic mass is 10.5. The number of carbonyl (C=O) groups is 1. The summed E-state index contributed by atoms with van der Waals surface area (Å²) >= 11 is 0. The van der Waals surface area contributed by atoms with Gasteiger partial charge in [-0.05, 0) is 0 Å². The van der Waals surface area contributed by atoms with Crippen LogP contribution in [0.5, 0.6) is 0 Å². The van der Waals surface area contributed by atoms with Crippen molar-refractivity contribution in [2.24, 2.45) is 11.1 Å². The maximum Gasteiger partial charge on any atom is 0.217 e. The minimum atomic E-state index is -0.245.